The van der Waals surface area contributed by atoms with Gasteiger partial charge in [0, 0.05) is 6.54 Å². The van der Waals surface area contributed by atoms with E-state index in [1.54, 1.807) is 0 Å². The number of aliphatic imine (C=N–C) groups is 1. The summed E-state index contributed by atoms with van der Waals surface area (Å²) >= 11 is 0. The maximum Gasteiger partial charge on any atom is 2.00 e. The van der Waals surface area contributed by atoms with Gasteiger partial charge >= 0.3 is 19.5 Å². The number of nitrogens with zero attached hydrogens (tertiary/aromatic N) is 3. The van der Waals surface area contributed by atoms with Crippen LogP contribution in [0.15, 0.2) is 169 Å². The zero-order valence-corrected chi connectivity index (χ0v) is 42.6. The maximum absolute atomic E-state index is 15.1. The number of hydrogen-bond acceptors (Lipinski definition) is 4. The maximum atomic E-state index is 15.1. The molecule has 0 fully saturated rings. The summed E-state index contributed by atoms with van der Waals surface area (Å²) in [5.41, 5.74) is 7.22. The van der Waals surface area contributed by atoms with Crippen LogP contribution >= 0.6 is 0 Å². The summed E-state index contributed by atoms with van der Waals surface area (Å²) in [4.78, 5) is 7.54. The predicted molar refractivity (Wildman–Crippen MR) is 256 cm³/mol. The molecule has 0 saturated heterocycles. The number of unbranched alkanes of at least 4 members (excludes halogenated alkanes) is 1. The Bertz CT molecular complexity index is 2160. The van der Waals surface area contributed by atoms with Crippen molar-refractivity contribution in [2.75, 3.05) is 13.1 Å². The SMILES string of the molecule is CCCCN(CC1=N[C@@H](c2ccccc2)[C@@H](c2ccccc2)O1)Cc1cc(C)cc(C(c2ccccc2)(c2ccccc2)c2ccccc2)c1[O-].C[Si](C)(C)[N-][Si](C)(C)C.[Zn+2]. The summed E-state index contributed by atoms with van der Waals surface area (Å²) in [5, 5.41) is 15.1. The molecule has 0 amide bonds. The van der Waals surface area contributed by atoms with E-state index in [1.165, 1.54) is 0 Å². The van der Waals surface area contributed by atoms with E-state index in [1.807, 2.05) is 30.3 Å². The first-order chi connectivity index (χ1) is 28.8. The van der Waals surface area contributed by atoms with E-state index in [0.29, 0.717) is 19.0 Å². The smallest absolute Gasteiger partial charge is 0.872 e. The first kappa shape index (κ1) is 47.6. The Kier molecular flexibility index (Phi) is 16.8. The minimum Gasteiger partial charge on any atom is -0.872 e. The Balaban J connectivity index is 0.000000634. The van der Waals surface area contributed by atoms with Crippen LogP contribution < -0.4 is 5.11 Å². The molecule has 312 valence electrons. The van der Waals surface area contributed by atoms with Gasteiger partial charge in [-0.25, -0.2) is 4.99 Å². The van der Waals surface area contributed by atoms with Crippen LogP contribution in [0.1, 0.15) is 76.4 Å². The van der Waals surface area contributed by atoms with E-state index in [4.69, 9.17) is 14.4 Å². The molecule has 0 saturated carbocycles. The first-order valence-electron chi connectivity index (χ1n) is 21.6. The third-order valence-electron chi connectivity index (χ3n) is 10.7. The molecule has 1 aliphatic rings. The minimum atomic E-state index is -1.11. The zero-order chi connectivity index (χ0) is 42.8. The molecule has 7 rings (SSSR count). The van der Waals surface area contributed by atoms with Crippen LogP contribution in [0.25, 0.3) is 4.65 Å². The van der Waals surface area contributed by atoms with Crippen LogP contribution in [0.5, 0.6) is 5.75 Å². The van der Waals surface area contributed by atoms with Gasteiger partial charge in [-0.05, 0) is 58.8 Å². The van der Waals surface area contributed by atoms with Crippen molar-refractivity contribution in [2.45, 2.75) is 90.1 Å². The van der Waals surface area contributed by atoms with E-state index in [9.17, 15) is 0 Å². The number of ether oxygens (including phenoxy) is 1. The summed E-state index contributed by atoms with van der Waals surface area (Å²) in [6.45, 7) is 19.9. The molecule has 0 aromatic heterocycles. The first-order valence-corrected chi connectivity index (χ1v) is 28.4. The largest absolute Gasteiger partial charge is 2.00 e. The quantitative estimate of drug-likeness (QED) is 0.0762. The molecule has 6 aromatic carbocycles. The number of benzene rings is 6. The molecule has 1 heterocycles. The van der Waals surface area contributed by atoms with Crippen molar-refractivity contribution in [1.29, 1.82) is 0 Å². The molecule has 2 atom stereocenters. The Morgan fingerprint density at radius 2 is 1.08 bits per heavy atom. The summed E-state index contributed by atoms with van der Waals surface area (Å²) in [7, 11) is -2.21. The second-order valence-electron chi connectivity index (χ2n) is 18.0. The average molecular weight is 896 g/mol. The van der Waals surface area contributed by atoms with Crippen molar-refractivity contribution in [3.8, 4) is 5.75 Å². The van der Waals surface area contributed by atoms with Crippen molar-refractivity contribution in [3.05, 3.63) is 213 Å². The van der Waals surface area contributed by atoms with E-state index in [-0.39, 0.29) is 37.4 Å². The second-order valence-corrected chi connectivity index (χ2v) is 27.6. The molecular weight excluding hydrogens is 832 g/mol. The van der Waals surface area contributed by atoms with Crippen LogP contribution in [0.3, 0.4) is 0 Å². The molecular formula is C53H63N3O2Si2Zn. The predicted octanol–water partition coefficient (Wildman–Crippen LogP) is 13.0. The standard InChI is InChI=1S/C47H46N2O2.C6H18NSi2.Zn/c1-3-4-30-49(34-43-48-44(36-20-10-5-11-21-36)46(51-43)37-22-12-6-13-23-37)33-38-31-35(2)32-42(45(38)50)47(39-24-14-7-15-25-39,40-26-16-8-17-27-40)41-28-18-9-19-29-41;1-8(2,3)7-9(4,5)6;/h5-29,31-32,44,46,50H,3-4,30,33-34H2,1-2H3;1-6H3;/q;-1;+2/p-1/t44-,46+;;/m0../s1. The monoisotopic (exact) mass is 893 g/mol. The fourth-order valence-electron chi connectivity index (χ4n) is 8.64. The Morgan fingerprint density at radius 1 is 0.639 bits per heavy atom. The molecule has 0 unspecified atom stereocenters. The van der Waals surface area contributed by atoms with Gasteiger partial charge in [0.2, 0.25) is 0 Å². The molecule has 8 heteroatoms. The Labute approximate surface area is 381 Å². The third kappa shape index (κ3) is 12.4. The third-order valence-corrected chi connectivity index (χ3v) is 16.1. The van der Waals surface area contributed by atoms with Gasteiger partial charge in [0.1, 0.15) is 6.04 Å². The van der Waals surface area contributed by atoms with Gasteiger partial charge in [0.15, 0.2) is 12.0 Å². The van der Waals surface area contributed by atoms with Gasteiger partial charge in [-0.3, -0.25) is 4.90 Å². The van der Waals surface area contributed by atoms with Crippen molar-refractivity contribution in [3.63, 3.8) is 0 Å². The number of aryl methyl sites for hydroxylation is 1. The van der Waals surface area contributed by atoms with Gasteiger partial charge in [0.05, 0.1) is 12.0 Å². The van der Waals surface area contributed by atoms with Gasteiger partial charge in [-0.15, -0.1) is 0 Å². The molecule has 61 heavy (non-hydrogen) atoms. The van der Waals surface area contributed by atoms with Gasteiger partial charge < -0.3 is 14.5 Å². The average Bonchev–Trinajstić information content (AvgIpc) is 3.66. The Hall–Kier alpha value is -4.43. The molecule has 0 N–H and O–H groups in total. The molecule has 0 radical (unpaired) electrons. The normalized spacial score (nSPS) is 15.3. The number of rotatable bonds is 15. The molecule has 0 spiro atoms. The number of hydrogen-bond donors (Lipinski definition) is 0. The minimum absolute atomic E-state index is 0. The molecule has 1 aliphatic heterocycles. The molecule has 0 aliphatic carbocycles. The topological polar surface area (TPSA) is 62.0 Å². The van der Waals surface area contributed by atoms with Gasteiger partial charge in [-0.2, -0.15) is 0 Å². The second kappa shape index (κ2) is 21.6. The molecule has 5 nitrogen and oxygen atoms in total. The summed E-state index contributed by atoms with van der Waals surface area (Å²) in [6.07, 6.45) is 1.85. The van der Waals surface area contributed by atoms with Crippen LogP contribution in [-0.4, -0.2) is 40.4 Å². The molecule has 6 aromatic rings. The fraction of sp³-hybridized carbons (Fsp3) is 0.302. The van der Waals surface area contributed by atoms with Crippen molar-refractivity contribution < 1.29 is 29.3 Å². The summed E-state index contributed by atoms with van der Waals surface area (Å²) in [5.74, 6) is 0.776. The van der Waals surface area contributed by atoms with Crippen LogP contribution in [0.2, 0.25) is 39.3 Å². The molecule has 0 bridgehead atoms. The van der Waals surface area contributed by atoms with Crippen LogP contribution in [0.4, 0.5) is 0 Å². The van der Waals surface area contributed by atoms with Crippen LogP contribution in [0, 0.1) is 6.92 Å². The van der Waals surface area contributed by atoms with E-state index in [2.05, 4.69) is 191 Å². The van der Waals surface area contributed by atoms with Crippen molar-refractivity contribution in [1.82, 2.24) is 4.90 Å². The van der Waals surface area contributed by atoms with E-state index >= 15 is 5.11 Å². The van der Waals surface area contributed by atoms with Crippen LogP contribution in [-0.2, 0) is 36.2 Å². The van der Waals surface area contributed by atoms with Gasteiger partial charge in [0.25, 0.3) is 0 Å². The van der Waals surface area contributed by atoms with E-state index in [0.717, 1.165) is 63.9 Å². The van der Waals surface area contributed by atoms with Gasteiger partial charge in [-0.1, -0.05) is 244 Å². The van der Waals surface area contributed by atoms with Crippen molar-refractivity contribution >= 4 is 22.4 Å². The zero-order valence-electron chi connectivity index (χ0n) is 37.6. The van der Waals surface area contributed by atoms with Crippen molar-refractivity contribution in [2.24, 2.45) is 4.99 Å². The fourth-order valence-corrected chi connectivity index (χ4v) is 16.7. The Morgan fingerprint density at radius 3 is 1.51 bits per heavy atom. The summed E-state index contributed by atoms with van der Waals surface area (Å²) < 4.78 is 11.5. The summed E-state index contributed by atoms with van der Waals surface area (Å²) in [6, 6.07) is 56.2. The van der Waals surface area contributed by atoms with E-state index < -0.39 is 21.9 Å².